The summed E-state index contributed by atoms with van der Waals surface area (Å²) in [5.41, 5.74) is 1.17. The summed E-state index contributed by atoms with van der Waals surface area (Å²) < 4.78 is 2.00. The third kappa shape index (κ3) is 3.50. The summed E-state index contributed by atoms with van der Waals surface area (Å²) in [4.78, 5) is 0. The minimum Gasteiger partial charge on any atom is -0.314 e. The van der Waals surface area contributed by atoms with Crippen LogP contribution in [0.5, 0.6) is 0 Å². The van der Waals surface area contributed by atoms with E-state index in [-0.39, 0.29) is 0 Å². The molecule has 1 heterocycles. The van der Waals surface area contributed by atoms with Gasteiger partial charge in [0.05, 0.1) is 5.69 Å². The molecule has 14 heavy (non-hydrogen) atoms. The van der Waals surface area contributed by atoms with Crippen molar-refractivity contribution in [3.8, 4) is 0 Å². The Labute approximate surface area is 86.5 Å². The molecule has 1 rings (SSSR count). The van der Waals surface area contributed by atoms with Crippen molar-refractivity contribution in [1.82, 2.24) is 15.1 Å². The van der Waals surface area contributed by atoms with Gasteiger partial charge < -0.3 is 5.32 Å². The second kappa shape index (κ2) is 5.15. The molecule has 0 fully saturated rings. The zero-order valence-corrected chi connectivity index (χ0v) is 9.62. The van der Waals surface area contributed by atoms with Crippen LogP contribution in [0.25, 0.3) is 0 Å². The Bertz CT molecular complexity index is 263. The molecule has 0 aliphatic heterocycles. The van der Waals surface area contributed by atoms with Crippen molar-refractivity contribution in [2.45, 2.75) is 46.2 Å². The van der Waals surface area contributed by atoms with Gasteiger partial charge in [0, 0.05) is 31.2 Å². The van der Waals surface area contributed by atoms with Crippen LogP contribution in [-0.4, -0.2) is 22.4 Å². The van der Waals surface area contributed by atoms with Crippen molar-refractivity contribution in [1.29, 1.82) is 0 Å². The molecule has 3 nitrogen and oxygen atoms in total. The molecule has 0 atom stereocenters. The van der Waals surface area contributed by atoms with E-state index in [1.54, 1.807) is 0 Å². The van der Waals surface area contributed by atoms with Gasteiger partial charge >= 0.3 is 0 Å². The highest BCUT2D eigenvalue weighted by Crippen LogP contribution is 2.04. The van der Waals surface area contributed by atoms with Gasteiger partial charge in [-0.25, -0.2) is 0 Å². The van der Waals surface area contributed by atoms with Crippen LogP contribution in [0.3, 0.4) is 0 Å². The molecule has 1 aromatic rings. The van der Waals surface area contributed by atoms with Crippen LogP contribution in [-0.2, 0) is 6.42 Å². The molecule has 3 heteroatoms. The normalized spacial score (nSPS) is 11.6. The van der Waals surface area contributed by atoms with Gasteiger partial charge in [-0.2, -0.15) is 5.10 Å². The fraction of sp³-hybridized carbons (Fsp3) is 0.727. The number of nitrogens with one attached hydrogen (secondary N) is 1. The number of hydrogen-bond donors (Lipinski definition) is 1. The van der Waals surface area contributed by atoms with Crippen molar-refractivity contribution >= 4 is 0 Å². The molecule has 0 aliphatic carbocycles. The Morgan fingerprint density at radius 3 is 2.57 bits per heavy atom. The fourth-order valence-electron chi connectivity index (χ4n) is 1.29. The monoisotopic (exact) mass is 195 g/mol. The summed E-state index contributed by atoms with van der Waals surface area (Å²) in [5, 5.41) is 7.87. The zero-order chi connectivity index (χ0) is 10.6. The first-order chi connectivity index (χ1) is 6.59. The molecule has 0 bridgehead atoms. The van der Waals surface area contributed by atoms with Gasteiger partial charge in [0.2, 0.25) is 0 Å². The number of aromatic nitrogens is 2. The summed E-state index contributed by atoms with van der Waals surface area (Å²) in [6.07, 6.45) is 3.06. The predicted molar refractivity (Wildman–Crippen MR) is 59.5 cm³/mol. The van der Waals surface area contributed by atoms with Crippen LogP contribution < -0.4 is 5.32 Å². The molecule has 0 unspecified atom stereocenters. The smallest absolute Gasteiger partial charge is 0.0637 e. The van der Waals surface area contributed by atoms with E-state index in [9.17, 15) is 0 Å². The zero-order valence-electron chi connectivity index (χ0n) is 9.62. The molecule has 1 aromatic heterocycles. The van der Waals surface area contributed by atoms with Gasteiger partial charge in [-0.1, -0.05) is 13.8 Å². The Morgan fingerprint density at radius 2 is 2.07 bits per heavy atom. The number of nitrogens with zero attached hydrogens (tertiary/aromatic N) is 2. The molecule has 0 saturated carbocycles. The van der Waals surface area contributed by atoms with Crippen molar-refractivity contribution in [2.75, 3.05) is 6.54 Å². The molecule has 0 aliphatic rings. The first-order valence-corrected chi connectivity index (χ1v) is 5.37. The predicted octanol–water partition coefficient (Wildman–Crippen LogP) is 2.00. The molecule has 0 radical (unpaired) electrons. The average Bonchev–Trinajstić information content (AvgIpc) is 2.52. The first-order valence-electron chi connectivity index (χ1n) is 5.37. The second-order valence-corrected chi connectivity index (χ2v) is 4.24. The molecule has 0 aromatic carbocycles. The maximum absolute atomic E-state index is 4.48. The van der Waals surface area contributed by atoms with Crippen molar-refractivity contribution in [3.63, 3.8) is 0 Å². The van der Waals surface area contributed by atoms with Crippen LogP contribution in [0.2, 0.25) is 0 Å². The van der Waals surface area contributed by atoms with Crippen molar-refractivity contribution in [3.05, 3.63) is 18.0 Å². The van der Waals surface area contributed by atoms with Gasteiger partial charge in [0.15, 0.2) is 0 Å². The highest BCUT2D eigenvalue weighted by molar-refractivity contribution is 5.00. The van der Waals surface area contributed by atoms with E-state index in [1.165, 1.54) is 5.69 Å². The Balaban J connectivity index is 2.36. The number of rotatable bonds is 5. The van der Waals surface area contributed by atoms with Crippen molar-refractivity contribution < 1.29 is 0 Å². The fourth-order valence-corrected chi connectivity index (χ4v) is 1.29. The van der Waals surface area contributed by atoms with E-state index in [2.05, 4.69) is 50.4 Å². The highest BCUT2D eigenvalue weighted by Gasteiger charge is 2.01. The lowest BCUT2D eigenvalue weighted by atomic mass is 10.3. The van der Waals surface area contributed by atoms with Crippen molar-refractivity contribution in [2.24, 2.45) is 0 Å². The molecule has 0 spiro atoms. The van der Waals surface area contributed by atoms with E-state index < -0.39 is 0 Å². The maximum Gasteiger partial charge on any atom is 0.0637 e. The third-order valence-electron chi connectivity index (χ3n) is 2.13. The minimum absolute atomic E-state index is 0.460. The Kier molecular flexibility index (Phi) is 4.14. The summed E-state index contributed by atoms with van der Waals surface area (Å²) in [6.45, 7) is 9.61. The average molecular weight is 195 g/mol. The molecular formula is C11H21N3. The summed E-state index contributed by atoms with van der Waals surface area (Å²) in [5.74, 6) is 0. The summed E-state index contributed by atoms with van der Waals surface area (Å²) in [7, 11) is 0. The lowest BCUT2D eigenvalue weighted by Crippen LogP contribution is -2.25. The lowest BCUT2D eigenvalue weighted by Gasteiger charge is -2.06. The topological polar surface area (TPSA) is 29.9 Å². The number of hydrogen-bond acceptors (Lipinski definition) is 2. The van der Waals surface area contributed by atoms with Gasteiger partial charge in [-0.3, -0.25) is 4.68 Å². The van der Waals surface area contributed by atoms with Gasteiger partial charge in [-0.05, 0) is 19.9 Å². The van der Waals surface area contributed by atoms with E-state index in [4.69, 9.17) is 0 Å². The molecule has 0 amide bonds. The highest BCUT2D eigenvalue weighted by atomic mass is 15.3. The van der Waals surface area contributed by atoms with E-state index >= 15 is 0 Å². The third-order valence-corrected chi connectivity index (χ3v) is 2.13. The standard InChI is InChI=1S/C11H21N3/c1-9(2)12-7-5-11-6-8-14(13-11)10(3)4/h6,8-10,12H,5,7H2,1-4H3. The molecular weight excluding hydrogens is 174 g/mol. The largest absolute Gasteiger partial charge is 0.314 e. The molecule has 0 saturated heterocycles. The Hall–Kier alpha value is -0.830. The second-order valence-electron chi connectivity index (χ2n) is 4.24. The van der Waals surface area contributed by atoms with Crippen LogP contribution in [0.15, 0.2) is 12.3 Å². The molecule has 1 N–H and O–H groups in total. The van der Waals surface area contributed by atoms with E-state index in [0.29, 0.717) is 12.1 Å². The summed E-state index contributed by atoms with van der Waals surface area (Å²) in [6, 6.07) is 3.12. The van der Waals surface area contributed by atoms with E-state index in [0.717, 1.165) is 13.0 Å². The van der Waals surface area contributed by atoms with Gasteiger partial charge in [0.1, 0.15) is 0 Å². The first kappa shape index (κ1) is 11.2. The van der Waals surface area contributed by atoms with Crippen LogP contribution >= 0.6 is 0 Å². The van der Waals surface area contributed by atoms with Crippen LogP contribution in [0, 0.1) is 0 Å². The van der Waals surface area contributed by atoms with Crippen LogP contribution in [0.4, 0.5) is 0 Å². The summed E-state index contributed by atoms with van der Waals surface area (Å²) >= 11 is 0. The van der Waals surface area contributed by atoms with Crippen LogP contribution in [0.1, 0.15) is 39.4 Å². The van der Waals surface area contributed by atoms with E-state index in [1.807, 2.05) is 4.68 Å². The van der Waals surface area contributed by atoms with Gasteiger partial charge in [-0.15, -0.1) is 0 Å². The van der Waals surface area contributed by atoms with Gasteiger partial charge in [0.25, 0.3) is 0 Å². The molecule has 80 valence electrons. The Morgan fingerprint density at radius 1 is 1.36 bits per heavy atom. The lowest BCUT2D eigenvalue weighted by molar-refractivity contribution is 0.521. The minimum atomic E-state index is 0.460. The maximum atomic E-state index is 4.48. The quantitative estimate of drug-likeness (QED) is 0.779. The SMILES string of the molecule is CC(C)NCCc1ccn(C(C)C)n1.